The van der Waals surface area contributed by atoms with Crippen LogP contribution in [-0.2, 0) is 14.2 Å². The van der Waals surface area contributed by atoms with Gasteiger partial charge in [-0.25, -0.2) is 9.78 Å². The molecule has 0 bridgehead atoms. The number of imidazole rings is 1. The zero-order chi connectivity index (χ0) is 32.0. The Bertz CT molecular complexity index is 1400. The minimum Gasteiger partial charge on any atom is -0.497 e. The third-order valence-corrected chi connectivity index (χ3v) is 7.07. The average molecular weight is 631 g/mol. The van der Waals surface area contributed by atoms with Crippen molar-refractivity contribution in [2.75, 3.05) is 70.5 Å². The monoisotopic (exact) mass is 630 g/mol. The van der Waals surface area contributed by atoms with Crippen LogP contribution >= 0.6 is 0 Å². The SMILES string of the molecule is COc1cc(Nc2nc(N[C@H]3CCCC[C@H]3N)n3ccnc3c2C(N)=O)cc(OCCOCCOCCOCCNC(=O)O)c1. The third-order valence-electron chi connectivity index (χ3n) is 7.07. The maximum Gasteiger partial charge on any atom is 0.404 e. The first-order chi connectivity index (χ1) is 21.9. The number of hydrogen-bond acceptors (Lipinski definition) is 12. The fraction of sp³-hybridized carbons (Fsp3) is 0.517. The number of carboxylic acid groups (broad SMARTS) is 1. The molecule has 1 aromatic carbocycles. The van der Waals surface area contributed by atoms with Gasteiger partial charge in [0.15, 0.2) is 11.5 Å². The Hall–Kier alpha value is -4.38. The van der Waals surface area contributed by atoms with Crippen LogP contribution in [0, 0.1) is 0 Å². The van der Waals surface area contributed by atoms with E-state index in [2.05, 4.69) is 20.9 Å². The lowest BCUT2D eigenvalue weighted by atomic mass is 9.91. The number of aromatic nitrogens is 3. The lowest BCUT2D eigenvalue weighted by Gasteiger charge is -2.30. The lowest BCUT2D eigenvalue weighted by Crippen LogP contribution is -2.43. The quantitative estimate of drug-likeness (QED) is 0.104. The standard InChI is InChI=1S/C29H42N8O8/c1-41-20-16-19(17-21(18-20)45-15-14-44-13-12-43-11-10-42-9-7-33-29(39)40)34-26-24(25(31)38)27-32-6-8-37(27)28(36-26)35-23-5-3-2-4-22(23)30/h6,8,16-18,22-23,33-34H,2-5,7,9-15,30H2,1H3,(H2,31,38)(H,35,36)(H,39,40)/t22-,23+/m1/s1. The summed E-state index contributed by atoms with van der Waals surface area (Å²) in [6, 6.07) is 5.26. The summed E-state index contributed by atoms with van der Waals surface area (Å²) in [5, 5.41) is 17.4. The Kier molecular flexibility index (Phi) is 12.8. The fourth-order valence-corrected chi connectivity index (χ4v) is 4.88. The van der Waals surface area contributed by atoms with Gasteiger partial charge in [0.25, 0.3) is 5.91 Å². The van der Waals surface area contributed by atoms with E-state index in [1.165, 1.54) is 0 Å². The van der Waals surface area contributed by atoms with Gasteiger partial charge in [0, 0.05) is 54.9 Å². The van der Waals surface area contributed by atoms with Crippen molar-refractivity contribution in [2.45, 2.75) is 37.8 Å². The molecule has 8 N–H and O–H groups in total. The number of carbonyl (C=O) groups is 2. The van der Waals surface area contributed by atoms with Crippen LogP contribution in [0.2, 0.25) is 0 Å². The normalized spacial score (nSPS) is 16.3. The van der Waals surface area contributed by atoms with Crippen LogP contribution < -0.4 is 36.9 Å². The molecule has 246 valence electrons. The van der Waals surface area contributed by atoms with Crippen molar-refractivity contribution in [1.82, 2.24) is 19.7 Å². The van der Waals surface area contributed by atoms with Crippen molar-refractivity contribution in [3.8, 4) is 11.5 Å². The average Bonchev–Trinajstić information content (AvgIpc) is 3.50. The second kappa shape index (κ2) is 17.2. The smallest absolute Gasteiger partial charge is 0.404 e. The molecule has 16 nitrogen and oxygen atoms in total. The predicted octanol–water partition coefficient (Wildman–Crippen LogP) is 1.96. The summed E-state index contributed by atoms with van der Waals surface area (Å²) in [4.78, 5) is 32.1. The van der Waals surface area contributed by atoms with Crippen LogP contribution in [0.4, 0.5) is 22.2 Å². The number of rotatable bonds is 19. The first-order valence-corrected chi connectivity index (χ1v) is 14.8. The number of ether oxygens (including phenoxy) is 5. The number of carbonyl (C=O) groups excluding carboxylic acids is 1. The first kappa shape index (κ1) is 33.5. The highest BCUT2D eigenvalue weighted by Gasteiger charge is 2.25. The van der Waals surface area contributed by atoms with Gasteiger partial charge in [-0.05, 0) is 12.8 Å². The van der Waals surface area contributed by atoms with Crippen molar-refractivity contribution in [1.29, 1.82) is 0 Å². The number of anilines is 3. The van der Waals surface area contributed by atoms with E-state index in [-0.39, 0.29) is 43.2 Å². The molecule has 2 atom stereocenters. The maximum atomic E-state index is 12.6. The van der Waals surface area contributed by atoms with Gasteiger partial charge in [-0.2, -0.15) is 4.98 Å². The topological polar surface area (TPSA) is 219 Å². The zero-order valence-corrected chi connectivity index (χ0v) is 25.3. The van der Waals surface area contributed by atoms with Crippen molar-refractivity contribution in [2.24, 2.45) is 11.5 Å². The maximum absolute atomic E-state index is 12.6. The minimum atomic E-state index is -1.08. The van der Waals surface area contributed by atoms with Crippen LogP contribution in [0.15, 0.2) is 30.6 Å². The summed E-state index contributed by atoms with van der Waals surface area (Å²) in [5.74, 6) is 1.10. The fourth-order valence-electron chi connectivity index (χ4n) is 4.88. The Labute approximate surface area is 260 Å². The number of primary amides is 1. The van der Waals surface area contributed by atoms with Gasteiger partial charge < -0.3 is 56.2 Å². The number of fused-ring (bicyclic) bond motifs is 1. The van der Waals surface area contributed by atoms with Gasteiger partial charge in [-0.1, -0.05) is 12.8 Å². The molecule has 3 aromatic rings. The van der Waals surface area contributed by atoms with Crippen LogP contribution in [0.5, 0.6) is 11.5 Å². The van der Waals surface area contributed by atoms with Gasteiger partial charge in [0.1, 0.15) is 23.7 Å². The number of amides is 2. The molecular weight excluding hydrogens is 588 g/mol. The molecule has 2 amide bonds. The van der Waals surface area contributed by atoms with Crippen molar-refractivity contribution in [3.63, 3.8) is 0 Å². The number of nitrogens with zero attached hydrogens (tertiary/aromatic N) is 3. The summed E-state index contributed by atoms with van der Waals surface area (Å²) in [7, 11) is 1.54. The highest BCUT2D eigenvalue weighted by atomic mass is 16.6. The summed E-state index contributed by atoms with van der Waals surface area (Å²) in [6.07, 6.45) is 6.23. The molecule has 4 rings (SSSR count). The second-order valence-corrected chi connectivity index (χ2v) is 10.3. The summed E-state index contributed by atoms with van der Waals surface area (Å²) in [6.45, 7) is 2.58. The van der Waals surface area contributed by atoms with E-state index in [1.807, 2.05) is 0 Å². The van der Waals surface area contributed by atoms with Crippen molar-refractivity contribution < 1.29 is 38.4 Å². The molecule has 2 aromatic heterocycles. The number of benzene rings is 1. The Morgan fingerprint density at radius 2 is 1.69 bits per heavy atom. The molecular formula is C29H42N8O8. The lowest BCUT2D eigenvalue weighted by molar-refractivity contribution is 0.00992. The molecule has 0 unspecified atom stereocenters. The Morgan fingerprint density at radius 1 is 1.00 bits per heavy atom. The number of nitrogens with one attached hydrogen (secondary N) is 3. The summed E-state index contributed by atoms with van der Waals surface area (Å²) in [5.41, 5.74) is 13.2. The number of hydrogen-bond donors (Lipinski definition) is 6. The molecule has 0 saturated heterocycles. The van der Waals surface area contributed by atoms with Crippen molar-refractivity contribution >= 4 is 35.1 Å². The minimum absolute atomic E-state index is 0.0124. The van der Waals surface area contributed by atoms with Gasteiger partial charge >= 0.3 is 6.09 Å². The van der Waals surface area contributed by atoms with E-state index in [0.29, 0.717) is 61.8 Å². The van der Waals surface area contributed by atoms with Gasteiger partial charge in [-0.15, -0.1) is 0 Å². The molecule has 16 heteroatoms. The number of nitrogens with two attached hydrogens (primary N) is 2. The molecule has 0 aliphatic heterocycles. The molecule has 1 saturated carbocycles. The highest BCUT2D eigenvalue weighted by Crippen LogP contribution is 2.31. The molecule has 2 heterocycles. The second-order valence-electron chi connectivity index (χ2n) is 10.3. The first-order valence-electron chi connectivity index (χ1n) is 14.8. The van der Waals surface area contributed by atoms with Crippen molar-refractivity contribution in [3.05, 3.63) is 36.2 Å². The molecule has 1 aliphatic carbocycles. The van der Waals surface area contributed by atoms with Gasteiger partial charge in [0.2, 0.25) is 5.95 Å². The van der Waals surface area contributed by atoms with Crippen LogP contribution in [0.3, 0.4) is 0 Å². The van der Waals surface area contributed by atoms with Crippen LogP contribution in [-0.4, -0.2) is 103 Å². The molecule has 0 radical (unpaired) electrons. The third kappa shape index (κ3) is 10.1. The van der Waals surface area contributed by atoms with Gasteiger partial charge in [-0.3, -0.25) is 9.20 Å². The van der Waals surface area contributed by atoms with E-state index in [1.54, 1.807) is 42.1 Å². The molecule has 1 aliphatic rings. The number of methoxy groups -OCH3 is 1. The summed E-state index contributed by atoms with van der Waals surface area (Å²) < 4.78 is 29.3. The van der Waals surface area contributed by atoms with E-state index >= 15 is 0 Å². The molecule has 0 spiro atoms. The molecule has 45 heavy (non-hydrogen) atoms. The Morgan fingerprint density at radius 3 is 2.38 bits per heavy atom. The van der Waals surface area contributed by atoms with E-state index in [0.717, 1.165) is 25.7 Å². The van der Waals surface area contributed by atoms with Crippen LogP contribution in [0.1, 0.15) is 36.0 Å². The highest BCUT2D eigenvalue weighted by molar-refractivity contribution is 6.04. The summed E-state index contributed by atoms with van der Waals surface area (Å²) >= 11 is 0. The van der Waals surface area contributed by atoms with Gasteiger partial charge in [0.05, 0.1) is 46.8 Å². The largest absolute Gasteiger partial charge is 0.497 e. The Balaban J connectivity index is 1.32. The van der Waals surface area contributed by atoms with E-state index < -0.39 is 12.0 Å². The van der Waals surface area contributed by atoms with E-state index in [9.17, 15) is 9.59 Å². The van der Waals surface area contributed by atoms with E-state index in [4.69, 9.17) is 45.2 Å². The predicted molar refractivity (Wildman–Crippen MR) is 166 cm³/mol. The van der Waals surface area contributed by atoms with Crippen LogP contribution in [0.25, 0.3) is 5.65 Å². The molecule has 1 fully saturated rings. The zero-order valence-electron chi connectivity index (χ0n) is 25.3.